The first-order chi connectivity index (χ1) is 10.3. The van der Waals surface area contributed by atoms with Crippen molar-refractivity contribution in [3.05, 3.63) is 45.4 Å². The van der Waals surface area contributed by atoms with E-state index in [1.807, 2.05) is 6.20 Å². The summed E-state index contributed by atoms with van der Waals surface area (Å²) >= 11 is 7.35. The van der Waals surface area contributed by atoms with Crippen molar-refractivity contribution in [3.8, 4) is 0 Å². The third-order valence-corrected chi connectivity index (χ3v) is 4.98. The number of benzene rings is 1. The first-order valence-corrected chi connectivity index (χ1v) is 8.64. The third kappa shape index (κ3) is 4.43. The predicted octanol–water partition coefficient (Wildman–Crippen LogP) is 4.05. The van der Waals surface area contributed by atoms with Gasteiger partial charge in [0.1, 0.15) is 0 Å². The lowest BCUT2D eigenvalue weighted by Crippen LogP contribution is -2.21. The van der Waals surface area contributed by atoms with Crippen LogP contribution in [0.2, 0.25) is 4.47 Å². The summed E-state index contributed by atoms with van der Waals surface area (Å²) in [5.74, 6) is 0. The van der Waals surface area contributed by atoms with E-state index in [9.17, 15) is 0 Å². The van der Waals surface area contributed by atoms with Crippen LogP contribution in [0.5, 0.6) is 0 Å². The Morgan fingerprint density at radius 1 is 1.19 bits per heavy atom. The summed E-state index contributed by atoms with van der Waals surface area (Å²) in [5, 5.41) is 3.40. The van der Waals surface area contributed by atoms with Gasteiger partial charge in [-0.15, -0.1) is 11.3 Å². The largest absolute Gasteiger partial charge is 0.380 e. The fourth-order valence-electron chi connectivity index (χ4n) is 2.64. The fourth-order valence-corrected chi connectivity index (χ4v) is 3.55. The van der Waals surface area contributed by atoms with Crippen molar-refractivity contribution in [1.82, 2.24) is 9.88 Å². The molecule has 0 atom stereocenters. The van der Waals surface area contributed by atoms with Gasteiger partial charge in [0.15, 0.2) is 4.47 Å². The second-order valence-corrected chi connectivity index (χ2v) is 7.13. The quantitative estimate of drug-likeness (QED) is 0.870. The second kappa shape index (κ2) is 7.25. The fraction of sp³-hybridized carbons (Fsp3) is 0.438. The number of nitrogens with one attached hydrogen (secondary N) is 1. The van der Waals surface area contributed by atoms with Crippen LogP contribution in [0.4, 0.5) is 5.69 Å². The number of hydrogen-bond acceptors (Lipinski definition) is 4. The Bertz CT molecular complexity index is 561. The number of halogens is 1. The lowest BCUT2D eigenvalue weighted by atomic mass is 10.1. The van der Waals surface area contributed by atoms with E-state index in [0.717, 1.165) is 23.5 Å². The SMILES string of the molecule is Clc1ncc(CNc2ccc(CCN3CCCC3)cc2)s1. The van der Waals surface area contributed by atoms with Crippen LogP contribution in [0.3, 0.4) is 0 Å². The van der Waals surface area contributed by atoms with Crippen molar-refractivity contribution < 1.29 is 0 Å². The molecule has 1 aliphatic rings. The number of nitrogens with zero attached hydrogens (tertiary/aromatic N) is 2. The van der Waals surface area contributed by atoms with Crippen molar-refractivity contribution in [2.75, 3.05) is 25.0 Å². The maximum atomic E-state index is 5.83. The van der Waals surface area contributed by atoms with E-state index in [-0.39, 0.29) is 0 Å². The normalized spacial score (nSPS) is 15.5. The van der Waals surface area contributed by atoms with Gasteiger partial charge in [0.05, 0.1) is 6.54 Å². The minimum atomic E-state index is 0.601. The second-order valence-electron chi connectivity index (χ2n) is 5.43. The van der Waals surface area contributed by atoms with Gasteiger partial charge in [-0.3, -0.25) is 0 Å². The van der Waals surface area contributed by atoms with Gasteiger partial charge in [0, 0.05) is 23.3 Å². The van der Waals surface area contributed by atoms with Crippen LogP contribution in [-0.2, 0) is 13.0 Å². The van der Waals surface area contributed by atoms with Gasteiger partial charge in [-0.2, -0.15) is 0 Å². The van der Waals surface area contributed by atoms with E-state index in [2.05, 4.69) is 39.5 Å². The van der Waals surface area contributed by atoms with Crippen molar-refractivity contribution in [2.45, 2.75) is 25.8 Å². The summed E-state index contributed by atoms with van der Waals surface area (Å²) in [6.45, 7) is 4.51. The molecule has 112 valence electrons. The topological polar surface area (TPSA) is 28.2 Å². The lowest BCUT2D eigenvalue weighted by Gasteiger charge is -2.14. The van der Waals surface area contributed by atoms with Crippen LogP contribution in [0, 0.1) is 0 Å². The molecule has 0 bridgehead atoms. The van der Waals surface area contributed by atoms with E-state index in [1.54, 1.807) is 0 Å². The Balaban J connectivity index is 1.46. The number of aromatic nitrogens is 1. The smallest absolute Gasteiger partial charge is 0.183 e. The molecule has 1 N–H and O–H groups in total. The molecule has 3 nitrogen and oxygen atoms in total. The summed E-state index contributed by atoms with van der Waals surface area (Å²) in [4.78, 5) is 7.75. The minimum Gasteiger partial charge on any atom is -0.380 e. The zero-order valence-corrected chi connectivity index (χ0v) is 13.6. The Morgan fingerprint density at radius 2 is 1.95 bits per heavy atom. The Morgan fingerprint density at radius 3 is 2.62 bits per heavy atom. The number of rotatable bonds is 6. The number of likely N-dealkylation sites (tertiary alicyclic amines) is 1. The van der Waals surface area contributed by atoms with Crippen molar-refractivity contribution in [2.24, 2.45) is 0 Å². The maximum Gasteiger partial charge on any atom is 0.183 e. The Labute approximate surface area is 135 Å². The average molecular weight is 322 g/mol. The molecule has 1 aromatic heterocycles. The van der Waals surface area contributed by atoms with Crippen LogP contribution >= 0.6 is 22.9 Å². The van der Waals surface area contributed by atoms with Crippen LogP contribution in [0.25, 0.3) is 0 Å². The van der Waals surface area contributed by atoms with Gasteiger partial charge >= 0.3 is 0 Å². The molecule has 0 saturated carbocycles. The molecule has 3 rings (SSSR count). The van der Waals surface area contributed by atoms with E-state index < -0.39 is 0 Å². The van der Waals surface area contributed by atoms with Crippen LogP contribution in [0.1, 0.15) is 23.3 Å². The first-order valence-electron chi connectivity index (χ1n) is 7.45. The summed E-state index contributed by atoms with van der Waals surface area (Å²) in [6, 6.07) is 8.75. The van der Waals surface area contributed by atoms with Gasteiger partial charge in [0.2, 0.25) is 0 Å². The predicted molar refractivity (Wildman–Crippen MR) is 90.3 cm³/mol. The number of anilines is 1. The minimum absolute atomic E-state index is 0.601. The lowest BCUT2D eigenvalue weighted by molar-refractivity contribution is 0.343. The van der Waals surface area contributed by atoms with Gasteiger partial charge in [0.25, 0.3) is 0 Å². The molecule has 0 amide bonds. The number of thiazole rings is 1. The highest BCUT2D eigenvalue weighted by molar-refractivity contribution is 7.15. The average Bonchev–Trinajstić information content (AvgIpc) is 3.15. The molecule has 2 aromatic rings. The van der Waals surface area contributed by atoms with Crippen LogP contribution in [0.15, 0.2) is 30.5 Å². The summed E-state index contributed by atoms with van der Waals surface area (Å²) in [5.41, 5.74) is 2.55. The highest BCUT2D eigenvalue weighted by Gasteiger charge is 2.10. The van der Waals surface area contributed by atoms with Gasteiger partial charge in [-0.25, -0.2) is 4.98 Å². The van der Waals surface area contributed by atoms with Crippen LogP contribution < -0.4 is 5.32 Å². The molecular weight excluding hydrogens is 302 g/mol. The maximum absolute atomic E-state index is 5.83. The van der Waals surface area contributed by atoms with E-state index in [0.29, 0.717) is 4.47 Å². The molecule has 1 aromatic carbocycles. The molecule has 0 unspecified atom stereocenters. The van der Waals surface area contributed by atoms with Crippen LogP contribution in [-0.4, -0.2) is 29.5 Å². The van der Waals surface area contributed by atoms with Crippen molar-refractivity contribution >= 4 is 28.6 Å². The summed E-state index contributed by atoms with van der Waals surface area (Å²) in [6.07, 6.45) is 5.70. The van der Waals surface area contributed by atoms with E-state index in [1.165, 1.54) is 49.4 Å². The van der Waals surface area contributed by atoms with Gasteiger partial charge in [-0.1, -0.05) is 23.7 Å². The monoisotopic (exact) mass is 321 g/mol. The third-order valence-electron chi connectivity index (χ3n) is 3.86. The molecule has 0 radical (unpaired) electrons. The van der Waals surface area contributed by atoms with E-state index >= 15 is 0 Å². The molecular formula is C16H20ClN3S. The summed E-state index contributed by atoms with van der Waals surface area (Å²) < 4.78 is 0.601. The Kier molecular flexibility index (Phi) is 5.12. The first kappa shape index (κ1) is 14.8. The van der Waals surface area contributed by atoms with Crippen molar-refractivity contribution in [3.63, 3.8) is 0 Å². The molecule has 0 spiro atoms. The molecule has 1 saturated heterocycles. The highest BCUT2D eigenvalue weighted by Crippen LogP contribution is 2.19. The molecule has 2 heterocycles. The summed E-state index contributed by atoms with van der Waals surface area (Å²) in [7, 11) is 0. The molecule has 21 heavy (non-hydrogen) atoms. The van der Waals surface area contributed by atoms with E-state index in [4.69, 9.17) is 11.6 Å². The van der Waals surface area contributed by atoms with Crippen molar-refractivity contribution in [1.29, 1.82) is 0 Å². The molecule has 5 heteroatoms. The zero-order valence-electron chi connectivity index (χ0n) is 12.0. The zero-order chi connectivity index (χ0) is 14.5. The standard InChI is InChI=1S/C16H20ClN3S/c17-16-19-12-15(21-16)11-18-14-5-3-13(4-6-14)7-10-20-8-1-2-9-20/h3-6,12,18H,1-2,7-11H2. The molecule has 1 aliphatic heterocycles. The molecule has 0 aliphatic carbocycles. The van der Waals surface area contributed by atoms with Gasteiger partial charge < -0.3 is 10.2 Å². The highest BCUT2D eigenvalue weighted by atomic mass is 35.5. The molecule has 1 fully saturated rings. The Hall–Kier alpha value is -1.10. The van der Waals surface area contributed by atoms with Gasteiger partial charge in [-0.05, 0) is 50.0 Å². The number of hydrogen-bond donors (Lipinski definition) is 1.